The fraction of sp³-hybridized carbons (Fsp3) is 0.562. The predicted molar refractivity (Wildman–Crippen MR) is 108 cm³/mol. The number of benzene rings is 1. The van der Waals surface area contributed by atoms with Crippen molar-refractivity contribution in [1.82, 2.24) is 10.6 Å². The lowest BCUT2D eigenvalue weighted by Crippen LogP contribution is -2.41. The summed E-state index contributed by atoms with van der Waals surface area (Å²) in [6.45, 7) is 3.57. The average Bonchev–Trinajstić information content (AvgIpc) is 2.98. The van der Waals surface area contributed by atoms with Crippen LogP contribution in [0.2, 0.25) is 0 Å². The van der Waals surface area contributed by atoms with Gasteiger partial charge in [-0.15, -0.1) is 24.0 Å². The third-order valence-electron chi connectivity index (χ3n) is 3.50. The number of aliphatic imine (C=N–C) groups is 1. The maximum Gasteiger partial charge on any atom is 0.191 e. The van der Waals surface area contributed by atoms with Crippen LogP contribution in [-0.4, -0.2) is 54.4 Å². The summed E-state index contributed by atoms with van der Waals surface area (Å²) in [6.07, 6.45) is 0.744. The van der Waals surface area contributed by atoms with Crippen LogP contribution in [0.5, 0.6) is 5.75 Å². The lowest BCUT2D eigenvalue weighted by Gasteiger charge is -2.19. The number of hydrogen-bond acceptors (Lipinski definition) is 4. The van der Waals surface area contributed by atoms with Crippen molar-refractivity contribution < 1.29 is 18.6 Å². The molecule has 5 nitrogen and oxygen atoms in total. The van der Waals surface area contributed by atoms with Gasteiger partial charge in [0.05, 0.1) is 18.7 Å². The summed E-state index contributed by atoms with van der Waals surface area (Å²) in [4.78, 5) is 4.39. The Labute approximate surface area is 168 Å². The highest BCUT2D eigenvalue weighted by atomic mass is 127. The molecule has 1 fully saturated rings. The maximum atomic E-state index is 13.4. The predicted octanol–water partition coefficient (Wildman–Crippen LogP) is 2.38. The molecule has 0 saturated carbocycles. The number of halogens is 3. The maximum absolute atomic E-state index is 13.4. The highest BCUT2D eigenvalue weighted by molar-refractivity contribution is 14.0. The van der Waals surface area contributed by atoms with Gasteiger partial charge in [-0.05, 0) is 31.2 Å². The van der Waals surface area contributed by atoms with Gasteiger partial charge in [-0.1, -0.05) is 0 Å². The lowest BCUT2D eigenvalue weighted by atomic mass is 10.1. The molecular weight excluding hydrogens is 463 g/mol. The molecule has 1 atom stereocenters. The second-order valence-electron chi connectivity index (χ2n) is 5.57. The minimum atomic E-state index is -0.735. The van der Waals surface area contributed by atoms with Gasteiger partial charge in [0.25, 0.3) is 0 Å². The van der Waals surface area contributed by atoms with Crippen LogP contribution in [0.4, 0.5) is 8.78 Å². The number of hydrogen-bond donors (Lipinski definition) is 3. The first-order valence-corrected chi connectivity index (χ1v) is 9.08. The Balaban J connectivity index is 0.00000312. The first-order chi connectivity index (χ1) is 11.5. The molecule has 1 heterocycles. The number of ether oxygens (including phenoxy) is 1. The summed E-state index contributed by atoms with van der Waals surface area (Å²) in [5, 5.41) is 16.4. The Hall–Kier alpha value is -0.810. The summed E-state index contributed by atoms with van der Waals surface area (Å²) in [5.41, 5.74) is -0.735. The van der Waals surface area contributed by atoms with Crippen LogP contribution < -0.4 is 15.4 Å². The van der Waals surface area contributed by atoms with Crippen LogP contribution in [-0.2, 0) is 0 Å². The number of guanidine groups is 1. The minimum absolute atomic E-state index is 0. The highest BCUT2D eigenvalue weighted by Gasteiger charge is 2.31. The van der Waals surface area contributed by atoms with Gasteiger partial charge in [0, 0.05) is 18.4 Å². The van der Waals surface area contributed by atoms with Crippen LogP contribution in [0.25, 0.3) is 0 Å². The van der Waals surface area contributed by atoms with Crippen LogP contribution in [0.15, 0.2) is 23.2 Å². The SMILES string of the molecule is CCNC(=NCC1(O)CCSC1)NCCOc1ccc(F)cc1F.I. The molecule has 142 valence electrons. The van der Waals surface area contributed by atoms with Crippen molar-refractivity contribution in [2.24, 2.45) is 4.99 Å². The molecule has 0 aromatic heterocycles. The van der Waals surface area contributed by atoms with Gasteiger partial charge in [-0.2, -0.15) is 11.8 Å². The van der Waals surface area contributed by atoms with Gasteiger partial charge in [0.1, 0.15) is 12.4 Å². The average molecular weight is 487 g/mol. The summed E-state index contributed by atoms with van der Waals surface area (Å²) >= 11 is 1.73. The zero-order chi connectivity index (χ0) is 17.4. The fourth-order valence-electron chi connectivity index (χ4n) is 2.21. The van der Waals surface area contributed by atoms with Gasteiger partial charge < -0.3 is 20.5 Å². The van der Waals surface area contributed by atoms with Crippen LogP contribution in [0.3, 0.4) is 0 Å². The standard InChI is InChI=1S/C16H23F2N3O2S.HI/c1-2-19-15(21-10-16(22)5-8-24-11-16)20-6-7-23-14-4-3-12(17)9-13(14)18;/h3-4,9,22H,2,5-8,10-11H2,1H3,(H2,19,20,21);1H. The van der Waals surface area contributed by atoms with E-state index in [1.165, 1.54) is 6.07 Å². The van der Waals surface area contributed by atoms with Crippen molar-refractivity contribution in [2.75, 3.05) is 37.7 Å². The second kappa shape index (κ2) is 11.0. The summed E-state index contributed by atoms with van der Waals surface area (Å²) in [6, 6.07) is 3.20. The Morgan fingerprint density at radius 1 is 1.40 bits per heavy atom. The molecule has 0 aliphatic carbocycles. The molecule has 1 aromatic carbocycles. The summed E-state index contributed by atoms with van der Waals surface area (Å²) in [7, 11) is 0. The molecule has 0 radical (unpaired) electrons. The largest absolute Gasteiger partial charge is 0.489 e. The van der Waals surface area contributed by atoms with Crippen molar-refractivity contribution in [3.8, 4) is 5.75 Å². The highest BCUT2D eigenvalue weighted by Crippen LogP contribution is 2.27. The van der Waals surface area contributed by atoms with Gasteiger partial charge in [0.2, 0.25) is 0 Å². The van der Waals surface area contributed by atoms with E-state index in [1.54, 1.807) is 11.8 Å². The van der Waals surface area contributed by atoms with Gasteiger partial charge in [-0.25, -0.2) is 8.78 Å². The Morgan fingerprint density at radius 2 is 2.20 bits per heavy atom. The molecule has 9 heteroatoms. The number of rotatable bonds is 7. The molecule has 0 bridgehead atoms. The number of nitrogens with zero attached hydrogens (tertiary/aromatic N) is 1. The first kappa shape index (κ1) is 22.2. The quantitative estimate of drug-likeness (QED) is 0.239. The Bertz CT molecular complexity index is 572. The zero-order valence-corrected chi connectivity index (χ0v) is 17.2. The molecule has 1 unspecified atom stereocenters. The first-order valence-electron chi connectivity index (χ1n) is 7.92. The normalized spacial score (nSPS) is 20.1. The molecule has 3 N–H and O–H groups in total. The van der Waals surface area contributed by atoms with Gasteiger partial charge >= 0.3 is 0 Å². The zero-order valence-electron chi connectivity index (χ0n) is 14.1. The van der Waals surface area contributed by atoms with Crippen LogP contribution in [0, 0.1) is 11.6 Å². The molecule has 2 rings (SSSR count). The topological polar surface area (TPSA) is 65.9 Å². The van der Waals surface area contributed by atoms with E-state index in [1.807, 2.05) is 6.92 Å². The van der Waals surface area contributed by atoms with E-state index in [4.69, 9.17) is 4.74 Å². The molecule has 1 aliphatic heterocycles. The third-order valence-corrected chi connectivity index (χ3v) is 4.74. The number of nitrogens with one attached hydrogen (secondary N) is 2. The van der Waals surface area contributed by atoms with E-state index in [0.29, 0.717) is 31.3 Å². The van der Waals surface area contributed by atoms with Crippen molar-refractivity contribution in [3.63, 3.8) is 0 Å². The van der Waals surface area contributed by atoms with Crippen molar-refractivity contribution in [1.29, 1.82) is 0 Å². The molecule has 1 saturated heterocycles. The molecule has 25 heavy (non-hydrogen) atoms. The van der Waals surface area contributed by atoms with Gasteiger partial charge in [-0.3, -0.25) is 4.99 Å². The molecular formula is C16H24F2IN3O2S. The van der Waals surface area contributed by atoms with E-state index in [-0.39, 0.29) is 36.3 Å². The molecule has 1 aromatic rings. The van der Waals surface area contributed by atoms with E-state index in [0.717, 1.165) is 24.3 Å². The van der Waals surface area contributed by atoms with Crippen molar-refractivity contribution >= 4 is 41.7 Å². The van der Waals surface area contributed by atoms with Crippen molar-refractivity contribution in [2.45, 2.75) is 18.9 Å². The van der Waals surface area contributed by atoms with Gasteiger partial charge in [0.15, 0.2) is 17.5 Å². The monoisotopic (exact) mass is 487 g/mol. The summed E-state index contributed by atoms with van der Waals surface area (Å²) < 4.78 is 31.5. The van der Waals surface area contributed by atoms with Crippen molar-refractivity contribution in [3.05, 3.63) is 29.8 Å². The molecule has 0 spiro atoms. The van der Waals surface area contributed by atoms with E-state index in [9.17, 15) is 13.9 Å². The second-order valence-corrected chi connectivity index (χ2v) is 6.68. The number of thioether (sulfide) groups is 1. The van der Waals surface area contributed by atoms with E-state index in [2.05, 4.69) is 15.6 Å². The number of aliphatic hydroxyl groups is 1. The fourth-order valence-corrected chi connectivity index (χ4v) is 3.50. The molecule has 1 aliphatic rings. The Kier molecular flexibility index (Phi) is 9.80. The van der Waals surface area contributed by atoms with Crippen LogP contribution in [0.1, 0.15) is 13.3 Å². The summed E-state index contributed by atoms with van der Waals surface area (Å²) in [5.74, 6) is 0.873. The molecule has 0 amide bonds. The lowest BCUT2D eigenvalue weighted by molar-refractivity contribution is 0.0778. The Morgan fingerprint density at radius 3 is 2.84 bits per heavy atom. The van der Waals surface area contributed by atoms with E-state index >= 15 is 0 Å². The van der Waals surface area contributed by atoms with Crippen LogP contribution >= 0.6 is 35.7 Å². The smallest absolute Gasteiger partial charge is 0.191 e. The minimum Gasteiger partial charge on any atom is -0.489 e. The van der Waals surface area contributed by atoms with E-state index < -0.39 is 17.2 Å². The third kappa shape index (κ3) is 7.53.